The van der Waals surface area contributed by atoms with Crippen LogP contribution >= 0.6 is 0 Å². The molecule has 106 valence electrons. The van der Waals surface area contributed by atoms with E-state index >= 15 is 0 Å². The summed E-state index contributed by atoms with van der Waals surface area (Å²) in [5.41, 5.74) is 1.27. The monoisotopic (exact) mass is 269 g/mol. The Morgan fingerprint density at radius 3 is 2.85 bits per heavy atom. The Labute approximate surface area is 120 Å². The normalized spacial score (nSPS) is 27.1. The second kappa shape index (κ2) is 5.17. The lowest BCUT2D eigenvalue weighted by molar-refractivity contribution is -0.0284. The number of aliphatic hydroxyl groups is 1. The van der Waals surface area contributed by atoms with Crippen molar-refractivity contribution in [3.05, 3.63) is 42.1 Å². The minimum Gasteiger partial charge on any atom is -0.385 e. The molecule has 1 heterocycles. The predicted octanol–water partition coefficient (Wildman–Crippen LogP) is 4.27. The molecule has 0 amide bonds. The number of rotatable bonds is 2. The van der Waals surface area contributed by atoms with Gasteiger partial charge in [-0.25, -0.2) is 0 Å². The average molecular weight is 269 g/mol. The molecule has 0 radical (unpaired) electrons. The van der Waals surface area contributed by atoms with Gasteiger partial charge in [-0.1, -0.05) is 38.1 Å². The largest absolute Gasteiger partial charge is 0.385 e. The number of pyridine rings is 1. The summed E-state index contributed by atoms with van der Waals surface area (Å²) in [5, 5.41) is 12.3. The molecule has 1 aliphatic rings. The van der Waals surface area contributed by atoms with Gasteiger partial charge in [-0.05, 0) is 43.6 Å². The van der Waals surface area contributed by atoms with Crippen LogP contribution < -0.4 is 0 Å². The molecule has 2 unspecified atom stereocenters. The molecule has 1 aromatic heterocycles. The number of hydrogen-bond acceptors (Lipinski definition) is 2. The third-order valence-corrected chi connectivity index (χ3v) is 4.84. The highest BCUT2D eigenvalue weighted by atomic mass is 16.3. The lowest BCUT2D eigenvalue weighted by atomic mass is 9.70. The van der Waals surface area contributed by atoms with Crippen molar-refractivity contribution >= 4 is 10.9 Å². The van der Waals surface area contributed by atoms with E-state index in [2.05, 4.69) is 37.0 Å². The molecule has 0 saturated heterocycles. The van der Waals surface area contributed by atoms with Crippen LogP contribution in [0.1, 0.15) is 45.1 Å². The summed E-state index contributed by atoms with van der Waals surface area (Å²) in [6.07, 6.45) is 5.87. The van der Waals surface area contributed by atoms with E-state index in [1.54, 1.807) is 0 Å². The maximum absolute atomic E-state index is 11.2. The molecule has 1 N–H and O–H groups in total. The van der Waals surface area contributed by atoms with Crippen LogP contribution in [0.4, 0.5) is 0 Å². The maximum atomic E-state index is 11.2. The minimum atomic E-state index is -0.707. The number of hydrogen-bond donors (Lipinski definition) is 1. The third kappa shape index (κ3) is 2.33. The van der Waals surface area contributed by atoms with Crippen molar-refractivity contribution in [1.82, 2.24) is 4.98 Å². The lowest BCUT2D eigenvalue weighted by Crippen LogP contribution is -2.34. The Balaban J connectivity index is 2.05. The fourth-order valence-electron chi connectivity index (χ4n) is 3.59. The van der Waals surface area contributed by atoms with Gasteiger partial charge in [0, 0.05) is 17.1 Å². The van der Waals surface area contributed by atoms with Gasteiger partial charge in [-0.3, -0.25) is 4.98 Å². The molecular weight excluding hydrogens is 246 g/mol. The summed E-state index contributed by atoms with van der Waals surface area (Å²) >= 11 is 0. The first-order valence-corrected chi connectivity index (χ1v) is 7.67. The van der Waals surface area contributed by atoms with Crippen LogP contribution in [0.5, 0.6) is 0 Å². The van der Waals surface area contributed by atoms with Gasteiger partial charge in [0.2, 0.25) is 0 Å². The van der Waals surface area contributed by atoms with Crippen LogP contribution in [-0.2, 0) is 5.60 Å². The van der Waals surface area contributed by atoms with Crippen LogP contribution in [0, 0.1) is 11.8 Å². The van der Waals surface area contributed by atoms with Gasteiger partial charge in [-0.2, -0.15) is 0 Å². The summed E-state index contributed by atoms with van der Waals surface area (Å²) in [6.45, 7) is 4.52. The van der Waals surface area contributed by atoms with Crippen molar-refractivity contribution < 1.29 is 5.11 Å². The van der Waals surface area contributed by atoms with Gasteiger partial charge in [0.25, 0.3) is 0 Å². The van der Waals surface area contributed by atoms with E-state index < -0.39 is 5.60 Å². The predicted molar refractivity (Wildman–Crippen MR) is 82.4 cm³/mol. The second-order valence-corrected chi connectivity index (χ2v) is 6.51. The Morgan fingerprint density at radius 1 is 1.25 bits per heavy atom. The smallest absolute Gasteiger partial charge is 0.0920 e. The Bertz CT molecular complexity index is 602. The minimum absolute atomic E-state index is 0.604. The molecule has 2 nitrogen and oxygen atoms in total. The Hall–Kier alpha value is -1.41. The zero-order valence-corrected chi connectivity index (χ0v) is 12.3. The van der Waals surface area contributed by atoms with Crippen LogP contribution in [0.25, 0.3) is 10.9 Å². The molecule has 1 saturated carbocycles. The molecule has 1 fully saturated rings. The standard InChI is InChI=1S/C18H23NO/c1-13(2)15-7-4-10-18(20,12-15)16-9-3-6-14-8-5-11-19-17(14)16/h3,5-6,8-9,11,13,15,20H,4,7,10,12H2,1-2H3. The van der Waals surface area contributed by atoms with Gasteiger partial charge in [-0.15, -0.1) is 0 Å². The van der Waals surface area contributed by atoms with Gasteiger partial charge in [0.05, 0.1) is 11.1 Å². The first-order valence-electron chi connectivity index (χ1n) is 7.67. The van der Waals surface area contributed by atoms with Gasteiger partial charge in [0.15, 0.2) is 0 Å². The zero-order chi connectivity index (χ0) is 14.2. The fraction of sp³-hybridized carbons (Fsp3) is 0.500. The van der Waals surface area contributed by atoms with Crippen molar-refractivity contribution in [3.63, 3.8) is 0 Å². The number of benzene rings is 1. The van der Waals surface area contributed by atoms with E-state index in [-0.39, 0.29) is 0 Å². The SMILES string of the molecule is CC(C)C1CCCC(O)(c2cccc3cccnc23)C1. The summed E-state index contributed by atoms with van der Waals surface area (Å²) in [5.74, 6) is 1.23. The van der Waals surface area contributed by atoms with Crippen molar-refractivity contribution in [3.8, 4) is 0 Å². The maximum Gasteiger partial charge on any atom is 0.0920 e. The summed E-state index contributed by atoms with van der Waals surface area (Å²) in [7, 11) is 0. The highest BCUT2D eigenvalue weighted by Gasteiger charge is 2.38. The van der Waals surface area contributed by atoms with E-state index in [9.17, 15) is 5.11 Å². The van der Waals surface area contributed by atoms with E-state index in [1.807, 2.05) is 18.3 Å². The Morgan fingerprint density at radius 2 is 2.05 bits per heavy atom. The number of para-hydroxylation sites is 1. The quantitative estimate of drug-likeness (QED) is 0.883. The molecule has 0 bridgehead atoms. The molecule has 2 heteroatoms. The van der Waals surface area contributed by atoms with Gasteiger partial charge < -0.3 is 5.11 Å². The van der Waals surface area contributed by atoms with Crippen molar-refractivity contribution in [2.75, 3.05) is 0 Å². The summed E-state index contributed by atoms with van der Waals surface area (Å²) in [4.78, 5) is 4.51. The molecule has 2 aromatic rings. The highest BCUT2D eigenvalue weighted by molar-refractivity contribution is 5.82. The first-order chi connectivity index (χ1) is 9.60. The first kappa shape index (κ1) is 13.6. The van der Waals surface area contributed by atoms with Gasteiger partial charge >= 0.3 is 0 Å². The molecule has 20 heavy (non-hydrogen) atoms. The molecule has 1 aromatic carbocycles. The average Bonchev–Trinajstić information content (AvgIpc) is 2.46. The van der Waals surface area contributed by atoms with Gasteiger partial charge in [0.1, 0.15) is 0 Å². The molecule has 2 atom stereocenters. The van der Waals surface area contributed by atoms with E-state index in [1.165, 1.54) is 6.42 Å². The molecule has 0 spiro atoms. The molecular formula is C18H23NO. The van der Waals surface area contributed by atoms with Crippen molar-refractivity contribution in [2.24, 2.45) is 11.8 Å². The summed E-state index contributed by atoms with van der Waals surface area (Å²) in [6, 6.07) is 10.2. The zero-order valence-electron chi connectivity index (χ0n) is 12.3. The van der Waals surface area contributed by atoms with Crippen LogP contribution in [0.15, 0.2) is 36.5 Å². The number of aromatic nitrogens is 1. The molecule has 0 aliphatic heterocycles. The number of fused-ring (bicyclic) bond motifs is 1. The van der Waals surface area contributed by atoms with E-state index in [4.69, 9.17) is 0 Å². The second-order valence-electron chi connectivity index (χ2n) is 6.51. The van der Waals surface area contributed by atoms with Crippen LogP contribution in [0.3, 0.4) is 0 Å². The Kier molecular flexibility index (Phi) is 3.51. The topological polar surface area (TPSA) is 33.1 Å². The van der Waals surface area contributed by atoms with Crippen LogP contribution in [-0.4, -0.2) is 10.1 Å². The lowest BCUT2D eigenvalue weighted by Gasteiger charge is -2.39. The third-order valence-electron chi connectivity index (χ3n) is 4.84. The fourth-order valence-corrected chi connectivity index (χ4v) is 3.59. The van der Waals surface area contributed by atoms with Crippen molar-refractivity contribution in [1.29, 1.82) is 0 Å². The van der Waals surface area contributed by atoms with E-state index in [0.29, 0.717) is 11.8 Å². The number of nitrogens with zero attached hydrogens (tertiary/aromatic N) is 1. The molecule has 3 rings (SSSR count). The van der Waals surface area contributed by atoms with Crippen molar-refractivity contribution in [2.45, 2.75) is 45.1 Å². The van der Waals surface area contributed by atoms with E-state index in [0.717, 1.165) is 35.7 Å². The summed E-state index contributed by atoms with van der Waals surface area (Å²) < 4.78 is 0. The highest BCUT2D eigenvalue weighted by Crippen LogP contribution is 2.44. The molecule has 1 aliphatic carbocycles. The van der Waals surface area contributed by atoms with Crippen LogP contribution in [0.2, 0.25) is 0 Å².